The molecule has 9 heteroatoms. The molecule has 4 aromatic rings. The lowest BCUT2D eigenvalue weighted by Crippen LogP contribution is -2.26. The minimum atomic E-state index is -0.394. The van der Waals surface area contributed by atoms with E-state index in [1.165, 1.54) is 10.6 Å². The first-order chi connectivity index (χ1) is 12.7. The normalized spacial score (nSPS) is 10.9. The van der Waals surface area contributed by atoms with E-state index in [2.05, 4.69) is 25.7 Å². The molecule has 0 radical (unpaired) electrons. The van der Waals surface area contributed by atoms with Crippen LogP contribution in [-0.2, 0) is 6.42 Å². The van der Waals surface area contributed by atoms with Gasteiger partial charge >= 0.3 is 5.69 Å². The van der Waals surface area contributed by atoms with E-state index in [9.17, 15) is 9.59 Å². The lowest BCUT2D eigenvalue weighted by atomic mass is 10.2. The van der Waals surface area contributed by atoms with Crippen molar-refractivity contribution in [3.05, 3.63) is 70.6 Å². The van der Waals surface area contributed by atoms with Crippen LogP contribution in [0.2, 0.25) is 0 Å². The molecule has 3 aromatic heterocycles. The fourth-order valence-electron chi connectivity index (χ4n) is 2.49. The minimum Gasteiger partial charge on any atom is -0.351 e. The summed E-state index contributed by atoms with van der Waals surface area (Å²) in [5.74, 6) is 0.644. The van der Waals surface area contributed by atoms with Crippen molar-refractivity contribution in [3.8, 4) is 11.4 Å². The second-order valence-electron chi connectivity index (χ2n) is 5.56. The number of pyridine rings is 1. The largest absolute Gasteiger partial charge is 0.351 e. The zero-order chi connectivity index (χ0) is 17.9. The van der Waals surface area contributed by atoms with Crippen molar-refractivity contribution in [2.24, 2.45) is 0 Å². The maximum absolute atomic E-state index is 12.2. The Balaban J connectivity index is 1.38. The number of hydrogen-bond acceptors (Lipinski definition) is 6. The molecule has 26 heavy (non-hydrogen) atoms. The van der Waals surface area contributed by atoms with Crippen LogP contribution in [0.25, 0.3) is 17.0 Å². The molecule has 0 saturated heterocycles. The number of hydrogen-bond donors (Lipinski definition) is 2. The van der Waals surface area contributed by atoms with Crippen molar-refractivity contribution in [3.63, 3.8) is 0 Å². The fourth-order valence-corrected chi connectivity index (χ4v) is 2.49. The first-order valence-corrected chi connectivity index (χ1v) is 7.94. The Morgan fingerprint density at radius 1 is 1.19 bits per heavy atom. The molecule has 130 valence electrons. The quantitative estimate of drug-likeness (QED) is 0.555. The van der Waals surface area contributed by atoms with Crippen molar-refractivity contribution in [2.45, 2.75) is 6.42 Å². The number of carbonyl (C=O) groups excluding carboxylic acids is 1. The first kappa shape index (κ1) is 15.8. The molecule has 9 nitrogen and oxygen atoms in total. The Bertz CT molecular complexity index is 1110. The number of aromatic amines is 1. The molecule has 1 amide bonds. The molecule has 0 aliphatic heterocycles. The number of nitrogens with one attached hydrogen (secondary N) is 2. The highest BCUT2D eigenvalue weighted by Crippen LogP contribution is 2.14. The molecule has 4 rings (SSSR count). The van der Waals surface area contributed by atoms with Crippen molar-refractivity contribution in [1.82, 2.24) is 30.1 Å². The summed E-state index contributed by atoms with van der Waals surface area (Å²) in [5.41, 5.74) is 1.28. The number of H-pyrrole nitrogens is 1. The number of amides is 1. The summed E-state index contributed by atoms with van der Waals surface area (Å²) >= 11 is 0. The van der Waals surface area contributed by atoms with Gasteiger partial charge in [-0.05, 0) is 12.1 Å². The molecule has 0 aliphatic rings. The van der Waals surface area contributed by atoms with Gasteiger partial charge in [-0.3, -0.25) is 4.79 Å². The Hall–Kier alpha value is -3.75. The van der Waals surface area contributed by atoms with Crippen LogP contribution in [-0.4, -0.2) is 37.2 Å². The summed E-state index contributed by atoms with van der Waals surface area (Å²) in [7, 11) is 0. The van der Waals surface area contributed by atoms with Gasteiger partial charge in [0.25, 0.3) is 5.91 Å². The highest BCUT2D eigenvalue weighted by Gasteiger charge is 2.11. The van der Waals surface area contributed by atoms with Crippen LogP contribution in [0.3, 0.4) is 0 Å². The molecular weight excluding hydrogens is 336 g/mol. The van der Waals surface area contributed by atoms with Crippen molar-refractivity contribution in [2.75, 3.05) is 6.54 Å². The lowest BCUT2D eigenvalue weighted by Gasteiger charge is -2.03. The minimum absolute atomic E-state index is 0.303. The summed E-state index contributed by atoms with van der Waals surface area (Å²) in [6.07, 6.45) is 1.84. The molecular formula is C17H14N6O3. The summed E-state index contributed by atoms with van der Waals surface area (Å²) in [5, 5.41) is 12.8. The van der Waals surface area contributed by atoms with E-state index in [-0.39, 0.29) is 5.91 Å². The Kier molecular flexibility index (Phi) is 4.02. The standard InChI is InChI=1S/C17H14N6O3/c24-16(12-6-7-13-20-21-17(25)23(13)10-12)18-9-8-14-19-15(22-26-14)11-4-2-1-3-5-11/h1-7,10H,8-9H2,(H,18,24)(H,21,25). The van der Waals surface area contributed by atoms with E-state index in [1.54, 1.807) is 12.1 Å². The zero-order valence-corrected chi connectivity index (χ0v) is 13.5. The number of rotatable bonds is 5. The molecule has 0 fully saturated rings. The molecule has 0 unspecified atom stereocenters. The van der Waals surface area contributed by atoms with Crippen molar-refractivity contribution >= 4 is 11.6 Å². The maximum Gasteiger partial charge on any atom is 0.347 e. The van der Waals surface area contributed by atoms with Crippen LogP contribution in [0.4, 0.5) is 0 Å². The molecule has 0 atom stereocenters. The highest BCUT2D eigenvalue weighted by atomic mass is 16.5. The predicted octanol–water partition coefficient (Wildman–Crippen LogP) is 1.05. The van der Waals surface area contributed by atoms with Gasteiger partial charge in [-0.2, -0.15) is 10.1 Å². The Morgan fingerprint density at radius 3 is 2.88 bits per heavy atom. The molecule has 0 saturated carbocycles. The highest BCUT2D eigenvalue weighted by molar-refractivity contribution is 5.94. The van der Waals surface area contributed by atoms with E-state index < -0.39 is 5.69 Å². The fraction of sp³-hybridized carbons (Fsp3) is 0.118. The van der Waals surface area contributed by atoms with Gasteiger partial charge in [-0.1, -0.05) is 35.5 Å². The average Bonchev–Trinajstić information content (AvgIpc) is 3.29. The second kappa shape index (κ2) is 6.63. The van der Waals surface area contributed by atoms with Crippen LogP contribution in [0.15, 0.2) is 58.0 Å². The van der Waals surface area contributed by atoms with Crippen molar-refractivity contribution in [1.29, 1.82) is 0 Å². The maximum atomic E-state index is 12.2. The number of aromatic nitrogens is 5. The monoisotopic (exact) mass is 350 g/mol. The summed E-state index contributed by atoms with van der Waals surface area (Å²) in [6.45, 7) is 0.327. The van der Waals surface area contributed by atoms with E-state index in [0.717, 1.165) is 5.56 Å². The third-order valence-electron chi connectivity index (χ3n) is 3.80. The second-order valence-corrected chi connectivity index (χ2v) is 5.56. The molecule has 0 bridgehead atoms. The molecule has 0 aliphatic carbocycles. The number of benzene rings is 1. The smallest absolute Gasteiger partial charge is 0.347 e. The summed E-state index contributed by atoms with van der Waals surface area (Å²) < 4.78 is 6.48. The van der Waals surface area contributed by atoms with Gasteiger partial charge in [0.05, 0.1) is 5.56 Å². The predicted molar refractivity (Wildman–Crippen MR) is 91.6 cm³/mol. The molecule has 0 spiro atoms. The third kappa shape index (κ3) is 3.09. The van der Waals surface area contributed by atoms with E-state index in [1.807, 2.05) is 30.3 Å². The van der Waals surface area contributed by atoms with Crippen LogP contribution < -0.4 is 11.0 Å². The number of nitrogens with zero attached hydrogens (tertiary/aromatic N) is 4. The number of carbonyl (C=O) groups is 1. The number of fused-ring (bicyclic) bond motifs is 1. The topological polar surface area (TPSA) is 118 Å². The van der Waals surface area contributed by atoms with Crippen LogP contribution in [0.5, 0.6) is 0 Å². The molecule has 2 N–H and O–H groups in total. The zero-order valence-electron chi connectivity index (χ0n) is 13.5. The summed E-state index contributed by atoms with van der Waals surface area (Å²) in [6, 6.07) is 12.7. The van der Waals surface area contributed by atoms with E-state index in [4.69, 9.17) is 4.52 Å². The van der Waals surface area contributed by atoms with Gasteiger partial charge in [-0.15, -0.1) is 0 Å². The Morgan fingerprint density at radius 2 is 2.04 bits per heavy atom. The first-order valence-electron chi connectivity index (χ1n) is 7.94. The molecule has 1 aromatic carbocycles. The third-order valence-corrected chi connectivity index (χ3v) is 3.80. The van der Waals surface area contributed by atoms with Crippen LogP contribution in [0.1, 0.15) is 16.2 Å². The van der Waals surface area contributed by atoms with E-state index in [0.29, 0.717) is 35.9 Å². The molecule has 3 heterocycles. The average molecular weight is 350 g/mol. The van der Waals surface area contributed by atoms with Gasteiger partial charge in [-0.25, -0.2) is 14.3 Å². The SMILES string of the molecule is O=C(NCCc1nc(-c2ccccc2)no1)c1ccc2n[nH]c(=O)n2c1. The van der Waals surface area contributed by atoms with Crippen LogP contribution in [0, 0.1) is 0 Å². The lowest BCUT2D eigenvalue weighted by molar-refractivity contribution is 0.0953. The van der Waals surface area contributed by atoms with Gasteiger partial charge in [0.15, 0.2) is 5.65 Å². The van der Waals surface area contributed by atoms with Crippen molar-refractivity contribution < 1.29 is 9.32 Å². The van der Waals surface area contributed by atoms with Gasteiger partial charge in [0, 0.05) is 24.7 Å². The summed E-state index contributed by atoms with van der Waals surface area (Å²) in [4.78, 5) is 28.1. The van der Waals surface area contributed by atoms with E-state index >= 15 is 0 Å². The Labute approximate surface area is 146 Å². The van der Waals surface area contributed by atoms with Gasteiger partial charge < -0.3 is 9.84 Å². The van der Waals surface area contributed by atoms with Gasteiger partial charge in [0.1, 0.15) is 0 Å². The van der Waals surface area contributed by atoms with Gasteiger partial charge in [0.2, 0.25) is 11.7 Å². The van der Waals surface area contributed by atoms with Crippen LogP contribution >= 0.6 is 0 Å².